The molecule has 1 saturated carbocycles. The van der Waals surface area contributed by atoms with Crippen LogP contribution in [-0.4, -0.2) is 30.4 Å². The number of hydrogen-bond donors (Lipinski definition) is 1. The van der Waals surface area contributed by atoms with Gasteiger partial charge < -0.3 is 14.6 Å². The van der Waals surface area contributed by atoms with Crippen LogP contribution in [-0.2, 0) is 16.0 Å². The number of carboxylic acids is 1. The van der Waals surface area contributed by atoms with Gasteiger partial charge in [-0.3, -0.25) is 0 Å². The lowest BCUT2D eigenvalue weighted by Gasteiger charge is -2.30. The molecular weight excluding hydrogens is 364 g/mol. The van der Waals surface area contributed by atoms with Crippen LogP contribution < -0.4 is 4.74 Å². The van der Waals surface area contributed by atoms with Crippen molar-refractivity contribution in [3.8, 4) is 5.75 Å². The molecule has 27 heavy (non-hydrogen) atoms. The van der Waals surface area contributed by atoms with Crippen LogP contribution in [0, 0.1) is 0 Å². The van der Waals surface area contributed by atoms with Crippen LogP contribution in [0.2, 0.25) is 5.02 Å². The number of aliphatic carboxylic acids is 1. The van der Waals surface area contributed by atoms with Crippen molar-refractivity contribution >= 4 is 17.6 Å². The minimum absolute atomic E-state index is 0.231. The zero-order valence-electron chi connectivity index (χ0n) is 15.3. The minimum atomic E-state index is -0.932. The summed E-state index contributed by atoms with van der Waals surface area (Å²) in [5, 5.41) is 9.30. The lowest BCUT2D eigenvalue weighted by molar-refractivity contribution is -0.142. The average molecular weight is 389 g/mol. The van der Waals surface area contributed by atoms with Crippen molar-refractivity contribution in [1.29, 1.82) is 0 Å². The van der Waals surface area contributed by atoms with Crippen molar-refractivity contribution in [3.05, 3.63) is 64.7 Å². The molecule has 4 nitrogen and oxygen atoms in total. The van der Waals surface area contributed by atoms with Crippen molar-refractivity contribution in [2.75, 3.05) is 13.2 Å². The maximum atomic E-state index is 10.4. The molecule has 0 aliphatic heterocycles. The molecule has 2 aromatic carbocycles. The van der Waals surface area contributed by atoms with Crippen molar-refractivity contribution in [2.45, 2.75) is 44.1 Å². The standard InChI is InChI=1S/C22H25ClO4/c23-19-8-10-20(11-9-19)27-21-3-1-2-18(14-21)17-6-4-16(5-7-17)12-13-26-15-22(24)25/h4-11,18,21H,1-3,12-15H2,(H,24,25)/t18-,21+/m1/s1. The topological polar surface area (TPSA) is 55.8 Å². The predicted molar refractivity (Wildman–Crippen MR) is 106 cm³/mol. The highest BCUT2D eigenvalue weighted by Gasteiger charge is 2.24. The van der Waals surface area contributed by atoms with E-state index in [0.717, 1.165) is 42.0 Å². The Hall–Kier alpha value is -2.04. The summed E-state index contributed by atoms with van der Waals surface area (Å²) in [4.78, 5) is 10.4. The van der Waals surface area contributed by atoms with Crippen molar-refractivity contribution in [2.24, 2.45) is 0 Å². The van der Waals surface area contributed by atoms with E-state index in [1.54, 1.807) is 0 Å². The zero-order valence-corrected chi connectivity index (χ0v) is 16.0. The highest BCUT2D eigenvalue weighted by Crippen LogP contribution is 2.35. The first-order valence-electron chi connectivity index (χ1n) is 9.41. The van der Waals surface area contributed by atoms with E-state index >= 15 is 0 Å². The van der Waals surface area contributed by atoms with Gasteiger partial charge in [0, 0.05) is 5.02 Å². The van der Waals surface area contributed by atoms with Crippen LogP contribution in [0.15, 0.2) is 48.5 Å². The van der Waals surface area contributed by atoms with Gasteiger partial charge in [0.05, 0.1) is 12.7 Å². The number of hydrogen-bond acceptors (Lipinski definition) is 3. The maximum Gasteiger partial charge on any atom is 0.329 e. The number of rotatable bonds is 8. The Morgan fingerprint density at radius 1 is 1.07 bits per heavy atom. The minimum Gasteiger partial charge on any atom is -0.490 e. The molecule has 0 heterocycles. The van der Waals surface area contributed by atoms with Gasteiger partial charge in [-0.05, 0) is 73.4 Å². The van der Waals surface area contributed by atoms with Crippen LogP contribution in [0.4, 0.5) is 0 Å². The molecule has 1 aliphatic carbocycles. The summed E-state index contributed by atoms with van der Waals surface area (Å²) in [5.41, 5.74) is 2.50. The van der Waals surface area contributed by atoms with Gasteiger partial charge in [0.1, 0.15) is 12.4 Å². The first-order valence-corrected chi connectivity index (χ1v) is 9.78. The Kier molecular flexibility index (Phi) is 7.13. The smallest absolute Gasteiger partial charge is 0.329 e. The summed E-state index contributed by atoms with van der Waals surface area (Å²) in [5.74, 6) is 0.452. The van der Waals surface area contributed by atoms with Gasteiger partial charge in [-0.15, -0.1) is 0 Å². The molecule has 1 fully saturated rings. The Morgan fingerprint density at radius 3 is 2.52 bits per heavy atom. The van der Waals surface area contributed by atoms with Crippen LogP contribution in [0.5, 0.6) is 5.75 Å². The van der Waals surface area contributed by atoms with Gasteiger partial charge in [-0.25, -0.2) is 4.79 Å². The molecule has 2 atom stereocenters. The monoisotopic (exact) mass is 388 g/mol. The van der Waals surface area contributed by atoms with Gasteiger partial charge in [0.15, 0.2) is 0 Å². The second kappa shape index (κ2) is 9.77. The van der Waals surface area contributed by atoms with Crippen molar-refractivity contribution in [1.82, 2.24) is 0 Å². The molecule has 0 bridgehead atoms. The molecule has 3 rings (SSSR count). The van der Waals surface area contributed by atoms with Crippen LogP contribution in [0.3, 0.4) is 0 Å². The normalized spacial score (nSPS) is 19.6. The summed E-state index contributed by atoms with van der Waals surface area (Å²) in [7, 11) is 0. The third kappa shape index (κ3) is 6.26. The molecule has 0 saturated heterocycles. The molecule has 0 unspecified atom stereocenters. The van der Waals surface area contributed by atoms with E-state index in [9.17, 15) is 4.79 Å². The molecule has 144 valence electrons. The second-order valence-corrected chi connectivity index (χ2v) is 7.43. The Balaban J connectivity index is 1.51. The summed E-state index contributed by atoms with van der Waals surface area (Å²) in [6.45, 7) is 0.182. The Bertz CT molecular complexity index is 727. The Labute approximate surface area is 165 Å². The molecule has 0 spiro atoms. The third-order valence-electron chi connectivity index (χ3n) is 4.95. The van der Waals surface area contributed by atoms with Gasteiger partial charge in [0.2, 0.25) is 0 Å². The SMILES string of the molecule is O=C(O)COCCc1ccc([C@@H]2CCC[C@H](Oc3ccc(Cl)cc3)C2)cc1. The fraction of sp³-hybridized carbons (Fsp3) is 0.409. The summed E-state index contributed by atoms with van der Waals surface area (Å²) in [6.07, 6.45) is 5.39. The van der Waals surface area contributed by atoms with Gasteiger partial charge in [-0.1, -0.05) is 35.9 Å². The molecule has 1 N–H and O–H groups in total. The van der Waals surface area contributed by atoms with E-state index in [1.807, 2.05) is 24.3 Å². The highest BCUT2D eigenvalue weighted by molar-refractivity contribution is 6.30. The summed E-state index contributed by atoms with van der Waals surface area (Å²) < 4.78 is 11.2. The fourth-order valence-electron chi connectivity index (χ4n) is 3.57. The molecule has 5 heteroatoms. The second-order valence-electron chi connectivity index (χ2n) is 7.00. The lowest BCUT2D eigenvalue weighted by atomic mass is 9.82. The number of halogens is 1. The number of carboxylic acid groups (broad SMARTS) is 1. The quantitative estimate of drug-likeness (QED) is 0.640. The van der Waals surface area contributed by atoms with E-state index in [1.165, 1.54) is 12.0 Å². The zero-order chi connectivity index (χ0) is 19.1. The van der Waals surface area contributed by atoms with Gasteiger partial charge >= 0.3 is 5.97 Å². The van der Waals surface area contributed by atoms with E-state index in [-0.39, 0.29) is 12.7 Å². The summed E-state index contributed by atoms with van der Waals surface area (Å²) in [6, 6.07) is 16.2. The van der Waals surface area contributed by atoms with Crippen LogP contribution >= 0.6 is 11.6 Å². The molecule has 0 radical (unpaired) electrons. The molecule has 0 aromatic heterocycles. The third-order valence-corrected chi connectivity index (χ3v) is 5.21. The van der Waals surface area contributed by atoms with Crippen LogP contribution in [0.25, 0.3) is 0 Å². The number of carbonyl (C=O) groups is 1. The van der Waals surface area contributed by atoms with E-state index < -0.39 is 5.97 Å². The number of ether oxygens (including phenoxy) is 2. The van der Waals surface area contributed by atoms with E-state index in [4.69, 9.17) is 26.2 Å². The highest BCUT2D eigenvalue weighted by atomic mass is 35.5. The van der Waals surface area contributed by atoms with Crippen LogP contribution in [0.1, 0.15) is 42.7 Å². The molecule has 0 amide bonds. The molecule has 2 aromatic rings. The van der Waals surface area contributed by atoms with E-state index in [0.29, 0.717) is 12.5 Å². The lowest BCUT2D eigenvalue weighted by Crippen LogP contribution is -2.24. The van der Waals surface area contributed by atoms with Gasteiger partial charge in [-0.2, -0.15) is 0 Å². The predicted octanol–water partition coefficient (Wildman–Crippen LogP) is 5.09. The largest absolute Gasteiger partial charge is 0.490 e. The van der Waals surface area contributed by atoms with Gasteiger partial charge in [0.25, 0.3) is 0 Å². The maximum absolute atomic E-state index is 10.4. The van der Waals surface area contributed by atoms with E-state index in [2.05, 4.69) is 24.3 Å². The summed E-state index contributed by atoms with van der Waals surface area (Å²) >= 11 is 5.93. The number of benzene rings is 2. The molecule has 1 aliphatic rings. The Morgan fingerprint density at radius 2 is 1.81 bits per heavy atom. The van der Waals surface area contributed by atoms with Crippen molar-refractivity contribution < 1.29 is 19.4 Å². The molecular formula is C22H25ClO4. The first-order chi connectivity index (χ1) is 13.1. The fourth-order valence-corrected chi connectivity index (χ4v) is 3.69. The average Bonchev–Trinajstić information content (AvgIpc) is 2.68. The first kappa shape index (κ1) is 19.7. The van der Waals surface area contributed by atoms with Crippen molar-refractivity contribution in [3.63, 3.8) is 0 Å².